The first kappa shape index (κ1) is 12.7. The quantitative estimate of drug-likeness (QED) is 0.903. The molecule has 0 aromatic heterocycles. The van der Waals surface area contributed by atoms with Crippen molar-refractivity contribution in [1.82, 2.24) is 0 Å². The van der Waals surface area contributed by atoms with Gasteiger partial charge in [-0.05, 0) is 37.5 Å². The van der Waals surface area contributed by atoms with Gasteiger partial charge in [0.2, 0.25) is 0 Å². The van der Waals surface area contributed by atoms with E-state index in [-0.39, 0.29) is 12.1 Å². The molecule has 0 amide bonds. The molecule has 1 aliphatic heterocycles. The molecule has 4 heteroatoms. The summed E-state index contributed by atoms with van der Waals surface area (Å²) in [7, 11) is 1.60. The van der Waals surface area contributed by atoms with Crippen molar-refractivity contribution >= 4 is 11.6 Å². The van der Waals surface area contributed by atoms with Crippen molar-refractivity contribution in [2.45, 2.75) is 38.0 Å². The third-order valence-electron chi connectivity index (χ3n) is 3.23. The Morgan fingerprint density at radius 1 is 1.47 bits per heavy atom. The Hall–Kier alpha value is -0.770. The largest absolute Gasteiger partial charge is 0.495 e. The fraction of sp³-hybridized carbons (Fsp3) is 0.538. The van der Waals surface area contributed by atoms with Gasteiger partial charge in [-0.25, -0.2) is 0 Å². The average Bonchev–Trinajstić information content (AvgIpc) is 2.75. The van der Waals surface area contributed by atoms with Gasteiger partial charge in [0.15, 0.2) is 0 Å². The van der Waals surface area contributed by atoms with E-state index in [0.717, 1.165) is 18.4 Å². The Morgan fingerprint density at radius 2 is 2.24 bits per heavy atom. The molecule has 1 aromatic rings. The maximum absolute atomic E-state index is 6.20. The predicted octanol–water partition coefficient (Wildman–Crippen LogP) is 2.92. The van der Waals surface area contributed by atoms with Crippen LogP contribution in [-0.4, -0.2) is 19.3 Å². The Morgan fingerprint density at radius 3 is 2.76 bits per heavy atom. The van der Waals surface area contributed by atoms with E-state index in [1.807, 2.05) is 18.2 Å². The molecule has 3 unspecified atom stereocenters. The summed E-state index contributed by atoms with van der Waals surface area (Å²) < 4.78 is 10.9. The Balaban J connectivity index is 2.14. The average molecular weight is 256 g/mol. The number of methoxy groups -OCH3 is 1. The predicted molar refractivity (Wildman–Crippen MR) is 68.5 cm³/mol. The molecule has 0 bridgehead atoms. The minimum atomic E-state index is -0.122. The molecule has 1 aliphatic rings. The van der Waals surface area contributed by atoms with Crippen molar-refractivity contribution in [2.75, 3.05) is 7.11 Å². The normalized spacial score (nSPS) is 25.9. The lowest BCUT2D eigenvalue weighted by molar-refractivity contribution is 0.0401. The van der Waals surface area contributed by atoms with Crippen molar-refractivity contribution in [2.24, 2.45) is 5.73 Å². The van der Waals surface area contributed by atoms with Gasteiger partial charge in [-0.2, -0.15) is 0 Å². The van der Waals surface area contributed by atoms with Gasteiger partial charge in [0.05, 0.1) is 30.4 Å². The molecule has 0 saturated carbocycles. The lowest BCUT2D eigenvalue weighted by Crippen LogP contribution is -2.26. The number of benzene rings is 1. The molecular formula is C13H18ClNO2. The van der Waals surface area contributed by atoms with Crippen molar-refractivity contribution in [3.63, 3.8) is 0 Å². The molecule has 2 N–H and O–H groups in total. The van der Waals surface area contributed by atoms with Gasteiger partial charge in [0.25, 0.3) is 0 Å². The zero-order valence-electron chi connectivity index (χ0n) is 10.2. The molecule has 1 fully saturated rings. The first-order valence-electron chi connectivity index (χ1n) is 5.86. The van der Waals surface area contributed by atoms with E-state index in [9.17, 15) is 0 Å². The van der Waals surface area contributed by atoms with Gasteiger partial charge < -0.3 is 15.2 Å². The summed E-state index contributed by atoms with van der Waals surface area (Å²) in [5.74, 6) is 0.670. The van der Waals surface area contributed by atoms with E-state index in [2.05, 4.69) is 6.92 Å². The lowest BCUT2D eigenvalue weighted by atomic mass is 10.00. The van der Waals surface area contributed by atoms with Crippen molar-refractivity contribution in [3.05, 3.63) is 28.8 Å². The van der Waals surface area contributed by atoms with Crippen LogP contribution >= 0.6 is 11.6 Å². The smallest absolute Gasteiger partial charge is 0.137 e. The van der Waals surface area contributed by atoms with E-state index >= 15 is 0 Å². The zero-order chi connectivity index (χ0) is 12.4. The second-order valence-electron chi connectivity index (χ2n) is 4.48. The third kappa shape index (κ3) is 2.73. The Labute approximate surface area is 107 Å². The molecule has 1 saturated heterocycles. The zero-order valence-corrected chi connectivity index (χ0v) is 10.9. The van der Waals surface area contributed by atoms with Crippen LogP contribution in [0, 0.1) is 0 Å². The summed E-state index contributed by atoms with van der Waals surface area (Å²) in [6, 6.07) is 5.53. The molecule has 3 nitrogen and oxygen atoms in total. The highest BCUT2D eigenvalue weighted by molar-refractivity contribution is 6.32. The van der Waals surface area contributed by atoms with Crippen molar-refractivity contribution in [1.29, 1.82) is 0 Å². The van der Waals surface area contributed by atoms with Gasteiger partial charge in [0, 0.05) is 0 Å². The van der Waals surface area contributed by atoms with Crippen molar-refractivity contribution in [3.8, 4) is 5.75 Å². The van der Waals surface area contributed by atoms with E-state index in [1.165, 1.54) is 0 Å². The minimum absolute atomic E-state index is 0.0921. The maximum Gasteiger partial charge on any atom is 0.137 e. The monoisotopic (exact) mass is 255 g/mol. The maximum atomic E-state index is 6.20. The highest BCUT2D eigenvalue weighted by atomic mass is 35.5. The molecule has 1 aromatic carbocycles. The Bertz CT molecular complexity index is 397. The molecule has 0 radical (unpaired) electrons. The summed E-state index contributed by atoms with van der Waals surface area (Å²) in [6.07, 6.45) is 2.48. The van der Waals surface area contributed by atoms with Crippen LogP contribution in [0.1, 0.15) is 31.4 Å². The van der Waals surface area contributed by atoms with E-state index in [0.29, 0.717) is 16.9 Å². The number of rotatable bonds is 3. The highest BCUT2D eigenvalue weighted by Gasteiger charge is 2.28. The van der Waals surface area contributed by atoms with Gasteiger partial charge in [-0.1, -0.05) is 17.7 Å². The van der Waals surface area contributed by atoms with Gasteiger partial charge in [0.1, 0.15) is 5.75 Å². The minimum Gasteiger partial charge on any atom is -0.495 e. The molecule has 1 heterocycles. The lowest BCUT2D eigenvalue weighted by Gasteiger charge is -2.20. The molecule has 17 heavy (non-hydrogen) atoms. The second kappa shape index (κ2) is 5.25. The van der Waals surface area contributed by atoms with E-state index < -0.39 is 0 Å². The molecule has 3 atom stereocenters. The van der Waals surface area contributed by atoms with Gasteiger partial charge in [-0.3, -0.25) is 0 Å². The number of nitrogens with two attached hydrogens (primary N) is 1. The third-order valence-corrected chi connectivity index (χ3v) is 3.52. The second-order valence-corrected chi connectivity index (χ2v) is 4.89. The summed E-state index contributed by atoms with van der Waals surface area (Å²) in [5.41, 5.74) is 7.19. The van der Waals surface area contributed by atoms with Crippen LogP contribution in [0.5, 0.6) is 5.75 Å². The molecular weight excluding hydrogens is 238 g/mol. The topological polar surface area (TPSA) is 44.5 Å². The summed E-state index contributed by atoms with van der Waals surface area (Å²) in [4.78, 5) is 0. The summed E-state index contributed by atoms with van der Waals surface area (Å²) >= 11 is 6.09. The molecule has 0 spiro atoms. The molecule has 94 valence electrons. The van der Waals surface area contributed by atoms with Crippen LogP contribution < -0.4 is 10.5 Å². The molecule has 2 rings (SSSR count). The van der Waals surface area contributed by atoms with E-state index in [4.69, 9.17) is 26.8 Å². The molecule has 0 aliphatic carbocycles. The Kier molecular flexibility index (Phi) is 3.92. The van der Waals surface area contributed by atoms with Crippen LogP contribution in [0.25, 0.3) is 0 Å². The van der Waals surface area contributed by atoms with Gasteiger partial charge >= 0.3 is 0 Å². The fourth-order valence-electron chi connectivity index (χ4n) is 2.20. The SMILES string of the molecule is COc1ccc(C(N)C2CCC(C)O2)cc1Cl. The summed E-state index contributed by atoms with van der Waals surface area (Å²) in [6.45, 7) is 2.08. The van der Waals surface area contributed by atoms with Crippen LogP contribution in [0.2, 0.25) is 5.02 Å². The number of hydrogen-bond donors (Lipinski definition) is 1. The van der Waals surface area contributed by atoms with Crippen LogP contribution in [0.3, 0.4) is 0 Å². The first-order valence-corrected chi connectivity index (χ1v) is 6.24. The number of hydrogen-bond acceptors (Lipinski definition) is 3. The highest BCUT2D eigenvalue weighted by Crippen LogP contribution is 2.32. The standard InChI is InChI=1S/C13H18ClNO2/c1-8-3-5-12(17-8)13(15)9-4-6-11(16-2)10(14)7-9/h4,6-8,12-13H,3,5,15H2,1-2H3. The van der Waals surface area contributed by atoms with Gasteiger partial charge in [-0.15, -0.1) is 0 Å². The van der Waals surface area contributed by atoms with Crippen LogP contribution in [0.4, 0.5) is 0 Å². The van der Waals surface area contributed by atoms with E-state index in [1.54, 1.807) is 7.11 Å². The van der Waals surface area contributed by atoms with Crippen LogP contribution in [0.15, 0.2) is 18.2 Å². The number of halogens is 1. The first-order chi connectivity index (χ1) is 8.11. The summed E-state index contributed by atoms with van der Waals surface area (Å²) in [5, 5.41) is 0.589. The number of ether oxygens (including phenoxy) is 2. The van der Waals surface area contributed by atoms with Crippen molar-refractivity contribution < 1.29 is 9.47 Å². The fourth-order valence-corrected chi connectivity index (χ4v) is 2.47. The van der Waals surface area contributed by atoms with Crippen LogP contribution in [-0.2, 0) is 4.74 Å².